The highest BCUT2D eigenvalue weighted by Gasteiger charge is 2.32. The molecule has 6 heteroatoms. The first kappa shape index (κ1) is 13.5. The molecule has 0 spiro atoms. The van der Waals surface area contributed by atoms with Gasteiger partial charge in [-0.2, -0.15) is 4.31 Å². The molecule has 1 saturated carbocycles. The summed E-state index contributed by atoms with van der Waals surface area (Å²) in [5.41, 5.74) is 0. The van der Waals surface area contributed by atoms with Gasteiger partial charge in [-0.1, -0.05) is 18.9 Å². The number of sulfonamides is 1. The molecule has 1 aromatic heterocycles. The summed E-state index contributed by atoms with van der Waals surface area (Å²) >= 11 is 1.31. The van der Waals surface area contributed by atoms with E-state index in [2.05, 4.69) is 4.90 Å². The molecule has 0 N–H and O–H groups in total. The summed E-state index contributed by atoms with van der Waals surface area (Å²) in [4.78, 5) is 2.48. The molecular formula is C13H20N2O2S2. The fourth-order valence-electron chi connectivity index (χ4n) is 3.12. The fourth-order valence-corrected chi connectivity index (χ4v) is 5.68. The Morgan fingerprint density at radius 2 is 1.79 bits per heavy atom. The molecule has 1 aromatic rings. The van der Waals surface area contributed by atoms with Gasteiger partial charge in [-0.05, 0) is 24.3 Å². The Morgan fingerprint density at radius 3 is 2.37 bits per heavy atom. The molecule has 0 aromatic carbocycles. The second-order valence-electron chi connectivity index (χ2n) is 5.31. The van der Waals surface area contributed by atoms with Gasteiger partial charge < -0.3 is 0 Å². The van der Waals surface area contributed by atoms with Crippen LogP contribution >= 0.6 is 11.3 Å². The standard InChI is InChI=1S/C13H20N2O2S2/c16-19(17,13-6-3-11-18-13)15-9-7-14(8-10-15)12-4-1-2-5-12/h3,6,11-12H,1-2,4-5,7-10H2. The molecule has 2 heterocycles. The van der Waals surface area contributed by atoms with E-state index in [1.54, 1.807) is 16.4 Å². The third-order valence-electron chi connectivity index (χ3n) is 4.20. The third-order valence-corrected chi connectivity index (χ3v) is 7.48. The molecule has 0 atom stereocenters. The van der Waals surface area contributed by atoms with Crippen molar-refractivity contribution in [2.45, 2.75) is 35.9 Å². The van der Waals surface area contributed by atoms with E-state index in [1.807, 2.05) is 5.38 Å². The summed E-state index contributed by atoms with van der Waals surface area (Å²) in [6.07, 6.45) is 5.24. The van der Waals surface area contributed by atoms with Crippen LogP contribution in [0.15, 0.2) is 21.7 Å². The van der Waals surface area contributed by atoms with Crippen LogP contribution in [0.5, 0.6) is 0 Å². The number of nitrogens with zero attached hydrogens (tertiary/aromatic N) is 2. The third kappa shape index (κ3) is 2.72. The molecule has 19 heavy (non-hydrogen) atoms. The van der Waals surface area contributed by atoms with Gasteiger partial charge in [-0.15, -0.1) is 11.3 Å². The van der Waals surface area contributed by atoms with E-state index in [0.717, 1.165) is 13.1 Å². The minimum atomic E-state index is -3.24. The van der Waals surface area contributed by atoms with Crippen LogP contribution in [0, 0.1) is 0 Å². The van der Waals surface area contributed by atoms with Crippen LogP contribution < -0.4 is 0 Å². The SMILES string of the molecule is O=S(=O)(c1cccs1)N1CCN(C2CCCC2)CC1. The lowest BCUT2D eigenvalue weighted by Crippen LogP contribution is -2.51. The van der Waals surface area contributed by atoms with Crippen molar-refractivity contribution >= 4 is 21.4 Å². The molecule has 1 aliphatic heterocycles. The maximum absolute atomic E-state index is 12.4. The Kier molecular flexibility index (Phi) is 3.93. The first-order valence-electron chi connectivity index (χ1n) is 6.95. The van der Waals surface area contributed by atoms with E-state index >= 15 is 0 Å². The number of thiophene rings is 1. The van der Waals surface area contributed by atoms with E-state index in [4.69, 9.17) is 0 Å². The summed E-state index contributed by atoms with van der Waals surface area (Å²) in [6, 6.07) is 4.20. The molecule has 1 aliphatic carbocycles. The summed E-state index contributed by atoms with van der Waals surface area (Å²) in [6.45, 7) is 3.04. The first-order valence-corrected chi connectivity index (χ1v) is 9.27. The normalized spacial score (nSPS) is 24.0. The van der Waals surface area contributed by atoms with Crippen LogP contribution in [0.2, 0.25) is 0 Å². The molecular weight excluding hydrogens is 280 g/mol. The van der Waals surface area contributed by atoms with Gasteiger partial charge in [-0.25, -0.2) is 8.42 Å². The van der Waals surface area contributed by atoms with Gasteiger partial charge in [0.15, 0.2) is 0 Å². The average Bonchev–Trinajstić information content (AvgIpc) is 3.12. The molecule has 0 unspecified atom stereocenters. The summed E-state index contributed by atoms with van der Waals surface area (Å²) in [7, 11) is -3.24. The van der Waals surface area contributed by atoms with E-state index < -0.39 is 10.0 Å². The first-order chi connectivity index (χ1) is 9.18. The zero-order valence-corrected chi connectivity index (χ0v) is 12.6. The Morgan fingerprint density at radius 1 is 1.11 bits per heavy atom. The van der Waals surface area contributed by atoms with Crippen molar-refractivity contribution in [2.24, 2.45) is 0 Å². The van der Waals surface area contributed by atoms with Gasteiger partial charge in [0.2, 0.25) is 0 Å². The van der Waals surface area contributed by atoms with Gasteiger partial charge in [0.05, 0.1) is 0 Å². The highest BCUT2D eigenvalue weighted by atomic mass is 32.2. The summed E-state index contributed by atoms with van der Waals surface area (Å²) in [5.74, 6) is 0. The van der Waals surface area contributed by atoms with Crippen LogP contribution in [0.4, 0.5) is 0 Å². The average molecular weight is 300 g/mol. The number of hydrogen-bond acceptors (Lipinski definition) is 4. The molecule has 4 nitrogen and oxygen atoms in total. The Labute approximate surface area is 119 Å². The summed E-state index contributed by atoms with van der Waals surface area (Å²) < 4.78 is 26.9. The maximum Gasteiger partial charge on any atom is 0.252 e. The van der Waals surface area contributed by atoms with Crippen molar-refractivity contribution in [1.29, 1.82) is 0 Å². The van der Waals surface area contributed by atoms with Crippen molar-refractivity contribution in [3.8, 4) is 0 Å². The number of piperazine rings is 1. The van der Waals surface area contributed by atoms with Crippen LogP contribution in [-0.2, 0) is 10.0 Å². The zero-order chi connectivity index (χ0) is 13.3. The van der Waals surface area contributed by atoms with Crippen LogP contribution in [0.25, 0.3) is 0 Å². The molecule has 2 fully saturated rings. The quantitative estimate of drug-likeness (QED) is 0.857. The van der Waals surface area contributed by atoms with Gasteiger partial charge in [0, 0.05) is 32.2 Å². The Bertz CT molecular complexity index is 499. The minimum absolute atomic E-state index is 0.474. The number of hydrogen-bond donors (Lipinski definition) is 0. The number of rotatable bonds is 3. The van der Waals surface area contributed by atoms with Gasteiger partial charge in [0.25, 0.3) is 10.0 Å². The largest absolute Gasteiger partial charge is 0.298 e. The predicted octanol–water partition coefficient (Wildman–Crippen LogP) is 2.00. The minimum Gasteiger partial charge on any atom is -0.298 e. The van der Waals surface area contributed by atoms with Gasteiger partial charge in [-0.3, -0.25) is 4.90 Å². The second-order valence-corrected chi connectivity index (χ2v) is 8.42. The predicted molar refractivity (Wildman–Crippen MR) is 76.9 cm³/mol. The maximum atomic E-state index is 12.4. The van der Waals surface area contributed by atoms with Crippen molar-refractivity contribution in [3.05, 3.63) is 17.5 Å². The molecule has 106 valence electrons. The van der Waals surface area contributed by atoms with E-state index in [-0.39, 0.29) is 0 Å². The molecule has 2 aliphatic rings. The highest BCUT2D eigenvalue weighted by molar-refractivity contribution is 7.91. The van der Waals surface area contributed by atoms with Crippen molar-refractivity contribution in [2.75, 3.05) is 26.2 Å². The van der Waals surface area contributed by atoms with Crippen molar-refractivity contribution < 1.29 is 8.42 Å². The lowest BCUT2D eigenvalue weighted by molar-refractivity contribution is 0.139. The Hall–Kier alpha value is -0.430. The zero-order valence-electron chi connectivity index (χ0n) is 11.0. The lowest BCUT2D eigenvalue weighted by atomic mass is 10.2. The Balaban J connectivity index is 1.64. The molecule has 3 rings (SSSR count). The van der Waals surface area contributed by atoms with Crippen LogP contribution in [-0.4, -0.2) is 49.8 Å². The smallest absolute Gasteiger partial charge is 0.252 e. The molecule has 0 bridgehead atoms. The highest BCUT2D eigenvalue weighted by Crippen LogP contribution is 2.26. The second kappa shape index (κ2) is 5.52. The summed E-state index contributed by atoms with van der Waals surface area (Å²) in [5, 5.41) is 1.82. The lowest BCUT2D eigenvalue weighted by Gasteiger charge is -2.37. The molecule has 1 saturated heterocycles. The van der Waals surface area contributed by atoms with E-state index in [1.165, 1.54) is 37.0 Å². The molecule has 0 amide bonds. The monoisotopic (exact) mass is 300 g/mol. The topological polar surface area (TPSA) is 40.6 Å². The van der Waals surface area contributed by atoms with Crippen LogP contribution in [0.3, 0.4) is 0 Å². The van der Waals surface area contributed by atoms with Crippen molar-refractivity contribution in [3.63, 3.8) is 0 Å². The van der Waals surface area contributed by atoms with E-state index in [0.29, 0.717) is 23.3 Å². The van der Waals surface area contributed by atoms with E-state index in [9.17, 15) is 8.42 Å². The van der Waals surface area contributed by atoms with Gasteiger partial charge in [0.1, 0.15) is 4.21 Å². The molecule has 0 radical (unpaired) electrons. The van der Waals surface area contributed by atoms with Crippen LogP contribution in [0.1, 0.15) is 25.7 Å². The van der Waals surface area contributed by atoms with Gasteiger partial charge >= 0.3 is 0 Å². The van der Waals surface area contributed by atoms with Crippen molar-refractivity contribution in [1.82, 2.24) is 9.21 Å². The fraction of sp³-hybridized carbons (Fsp3) is 0.692.